The van der Waals surface area contributed by atoms with Gasteiger partial charge in [-0.25, -0.2) is 14.8 Å². The molecule has 0 fully saturated rings. The second-order valence-electron chi connectivity index (χ2n) is 9.73. The molecule has 0 spiro atoms. The number of allylic oxidation sites excluding steroid dienone is 1. The molecule has 1 unspecified atom stereocenters. The summed E-state index contributed by atoms with van der Waals surface area (Å²) in [6.07, 6.45) is 13.3. The van der Waals surface area contributed by atoms with Crippen LogP contribution in [0.3, 0.4) is 0 Å². The van der Waals surface area contributed by atoms with Gasteiger partial charge in [0.2, 0.25) is 5.95 Å². The summed E-state index contributed by atoms with van der Waals surface area (Å²) in [4.78, 5) is 31.9. The van der Waals surface area contributed by atoms with Crippen molar-refractivity contribution in [3.05, 3.63) is 89.3 Å². The maximum Gasteiger partial charge on any atom is 0.338 e. The highest BCUT2D eigenvalue weighted by Crippen LogP contribution is 2.24. The number of aryl methyl sites for hydroxylation is 1. The molecule has 0 saturated heterocycles. The average Bonchev–Trinajstić information content (AvgIpc) is 2.98. The quantitative estimate of drug-likeness (QED) is 0.153. The number of nitrogens with zero attached hydrogens (tertiary/aromatic N) is 2. The van der Waals surface area contributed by atoms with E-state index in [0.29, 0.717) is 31.8 Å². The number of hydrogen-bond donors (Lipinski definition) is 1. The maximum absolute atomic E-state index is 12.0. The number of para-hydroxylation sites is 1. The molecule has 2 aromatic carbocycles. The average molecular weight is 560 g/mol. The Balaban J connectivity index is 1.63. The van der Waals surface area contributed by atoms with Gasteiger partial charge >= 0.3 is 11.9 Å². The Morgan fingerprint density at radius 2 is 1.63 bits per heavy atom. The number of nitrogens with two attached hydrogens (primary N) is 1. The van der Waals surface area contributed by atoms with Crippen molar-refractivity contribution < 1.29 is 23.8 Å². The van der Waals surface area contributed by atoms with Gasteiger partial charge in [0, 0.05) is 24.4 Å². The van der Waals surface area contributed by atoms with Gasteiger partial charge in [-0.3, -0.25) is 4.79 Å². The van der Waals surface area contributed by atoms with E-state index in [9.17, 15) is 9.59 Å². The van der Waals surface area contributed by atoms with Crippen LogP contribution in [0.25, 0.3) is 6.08 Å². The Labute approximate surface area is 243 Å². The topological polar surface area (TPSA) is 114 Å². The van der Waals surface area contributed by atoms with Gasteiger partial charge < -0.3 is 19.9 Å². The second kappa shape index (κ2) is 17.5. The van der Waals surface area contributed by atoms with E-state index in [-0.39, 0.29) is 23.8 Å². The minimum atomic E-state index is -0.312. The zero-order chi connectivity index (χ0) is 29.3. The number of hydrogen-bond acceptors (Lipinski definition) is 8. The summed E-state index contributed by atoms with van der Waals surface area (Å²) in [7, 11) is 0. The molecule has 1 aromatic heterocycles. The van der Waals surface area contributed by atoms with Crippen LogP contribution in [-0.2, 0) is 27.1 Å². The highest BCUT2D eigenvalue weighted by Gasteiger charge is 2.11. The Bertz CT molecular complexity index is 1240. The monoisotopic (exact) mass is 559 g/mol. The van der Waals surface area contributed by atoms with Crippen LogP contribution in [0, 0.1) is 5.92 Å². The molecule has 1 heterocycles. The first kappa shape index (κ1) is 31.3. The zero-order valence-electron chi connectivity index (χ0n) is 24.1. The summed E-state index contributed by atoms with van der Waals surface area (Å²) in [6.45, 7) is 4.94. The molecule has 0 aliphatic carbocycles. The number of aromatic nitrogens is 2. The van der Waals surface area contributed by atoms with Crippen molar-refractivity contribution in [1.29, 1.82) is 0 Å². The number of carbonyl (C=O) groups excluding carboxylic acids is 2. The first-order valence-corrected chi connectivity index (χ1v) is 14.4. The van der Waals surface area contributed by atoms with Crippen molar-refractivity contribution in [2.24, 2.45) is 5.92 Å². The van der Waals surface area contributed by atoms with Crippen LogP contribution < -0.4 is 10.5 Å². The number of carbonyl (C=O) groups is 2. The number of rotatable bonds is 17. The summed E-state index contributed by atoms with van der Waals surface area (Å²) in [5, 5.41) is 0. The predicted octanol–water partition coefficient (Wildman–Crippen LogP) is 6.24. The third-order valence-corrected chi connectivity index (χ3v) is 6.53. The Morgan fingerprint density at radius 3 is 2.37 bits per heavy atom. The van der Waals surface area contributed by atoms with Crippen molar-refractivity contribution in [3.8, 4) is 5.75 Å². The molecule has 2 N–H and O–H groups in total. The number of unbranched alkanes of at least 4 members (excludes halogenated alkanes) is 1. The molecule has 0 bridgehead atoms. The van der Waals surface area contributed by atoms with Crippen LogP contribution >= 0.6 is 0 Å². The van der Waals surface area contributed by atoms with Crippen LogP contribution in [0.4, 0.5) is 5.95 Å². The van der Waals surface area contributed by atoms with E-state index in [1.807, 2.05) is 55.5 Å². The molecular formula is C33H41N3O5. The summed E-state index contributed by atoms with van der Waals surface area (Å²) >= 11 is 0. The Kier molecular flexibility index (Phi) is 13.4. The Morgan fingerprint density at radius 1 is 0.902 bits per heavy atom. The van der Waals surface area contributed by atoms with Crippen LogP contribution in [0.2, 0.25) is 0 Å². The van der Waals surface area contributed by atoms with Crippen LogP contribution in [0.1, 0.15) is 73.0 Å². The lowest BCUT2D eigenvalue weighted by Gasteiger charge is -2.14. The molecule has 0 radical (unpaired) electrons. The fourth-order valence-electron chi connectivity index (χ4n) is 4.41. The first-order chi connectivity index (χ1) is 20.0. The van der Waals surface area contributed by atoms with E-state index >= 15 is 0 Å². The SMILES string of the molecule is CCOC(=O)CCCCC(/C=C/c1ccccc1OCCCc1cnc(N)nc1)Cc1ccc(C(=O)OCC)cc1. The molecule has 0 saturated carbocycles. The van der Waals surface area contributed by atoms with Crippen molar-refractivity contribution in [2.75, 3.05) is 25.6 Å². The van der Waals surface area contributed by atoms with Gasteiger partial charge in [-0.15, -0.1) is 0 Å². The zero-order valence-corrected chi connectivity index (χ0v) is 24.1. The van der Waals surface area contributed by atoms with Crippen molar-refractivity contribution in [2.45, 2.75) is 58.8 Å². The molecule has 0 aliphatic rings. The summed E-state index contributed by atoms with van der Waals surface area (Å²) in [5.41, 5.74) is 9.28. The van der Waals surface area contributed by atoms with Gasteiger partial charge in [-0.05, 0) is 81.2 Å². The van der Waals surface area contributed by atoms with Gasteiger partial charge in [-0.1, -0.05) is 48.9 Å². The predicted molar refractivity (Wildman–Crippen MR) is 160 cm³/mol. The van der Waals surface area contributed by atoms with Gasteiger partial charge in [0.25, 0.3) is 0 Å². The maximum atomic E-state index is 12.0. The minimum absolute atomic E-state index is 0.149. The summed E-state index contributed by atoms with van der Waals surface area (Å²) in [5.74, 6) is 0.884. The molecule has 41 heavy (non-hydrogen) atoms. The molecule has 8 heteroatoms. The van der Waals surface area contributed by atoms with E-state index in [2.05, 4.69) is 22.1 Å². The third kappa shape index (κ3) is 11.4. The Hall–Kier alpha value is -4.20. The van der Waals surface area contributed by atoms with E-state index in [1.165, 1.54) is 0 Å². The van der Waals surface area contributed by atoms with Crippen molar-refractivity contribution in [1.82, 2.24) is 9.97 Å². The smallest absolute Gasteiger partial charge is 0.338 e. The first-order valence-electron chi connectivity index (χ1n) is 14.4. The molecule has 218 valence electrons. The summed E-state index contributed by atoms with van der Waals surface area (Å²) in [6, 6.07) is 15.6. The summed E-state index contributed by atoms with van der Waals surface area (Å²) < 4.78 is 16.3. The highest BCUT2D eigenvalue weighted by atomic mass is 16.5. The standard InChI is InChI=1S/C33H41N3O5/c1-3-39-31(37)14-8-5-10-25(22-26-16-19-29(20-17-26)32(38)40-4-2)15-18-28-12-6-7-13-30(28)41-21-9-11-27-23-35-33(34)36-24-27/h6-7,12-13,15-20,23-25H,3-5,8-11,14,21-22H2,1-2H3,(H2,34,35,36)/b18-15+. The molecule has 1 atom stereocenters. The second-order valence-corrected chi connectivity index (χ2v) is 9.73. The molecule has 0 aliphatic heterocycles. The molecule has 3 rings (SSSR count). The molecule has 3 aromatic rings. The minimum Gasteiger partial charge on any atom is -0.493 e. The van der Waals surface area contributed by atoms with Gasteiger partial charge in [0.15, 0.2) is 0 Å². The van der Waals surface area contributed by atoms with Crippen LogP contribution in [-0.4, -0.2) is 41.7 Å². The van der Waals surface area contributed by atoms with Crippen LogP contribution in [0.15, 0.2) is 67.0 Å². The fourth-order valence-corrected chi connectivity index (χ4v) is 4.41. The lowest BCUT2D eigenvalue weighted by atomic mass is 9.92. The normalized spacial score (nSPS) is 11.8. The number of anilines is 1. The molecule has 0 amide bonds. The third-order valence-electron chi connectivity index (χ3n) is 6.53. The number of ether oxygens (including phenoxy) is 3. The van der Waals surface area contributed by atoms with Crippen LogP contribution in [0.5, 0.6) is 5.75 Å². The van der Waals surface area contributed by atoms with E-state index < -0.39 is 0 Å². The highest BCUT2D eigenvalue weighted by molar-refractivity contribution is 5.89. The van der Waals surface area contributed by atoms with E-state index in [4.69, 9.17) is 19.9 Å². The number of nitrogen functional groups attached to an aromatic ring is 1. The number of benzene rings is 2. The number of esters is 2. The van der Waals surface area contributed by atoms with Crippen molar-refractivity contribution >= 4 is 24.0 Å². The van der Waals surface area contributed by atoms with Gasteiger partial charge in [0.1, 0.15) is 5.75 Å². The lowest BCUT2D eigenvalue weighted by Crippen LogP contribution is -2.07. The molecule has 8 nitrogen and oxygen atoms in total. The van der Waals surface area contributed by atoms with E-state index in [0.717, 1.165) is 61.0 Å². The lowest BCUT2D eigenvalue weighted by molar-refractivity contribution is -0.143. The molecular weight excluding hydrogens is 518 g/mol. The van der Waals surface area contributed by atoms with Crippen molar-refractivity contribution in [3.63, 3.8) is 0 Å². The fraction of sp³-hybridized carbons (Fsp3) is 0.394. The van der Waals surface area contributed by atoms with Gasteiger partial charge in [0.05, 0.1) is 25.4 Å². The van der Waals surface area contributed by atoms with Gasteiger partial charge in [-0.2, -0.15) is 0 Å². The van der Waals surface area contributed by atoms with E-state index in [1.54, 1.807) is 19.3 Å². The largest absolute Gasteiger partial charge is 0.493 e.